The van der Waals surface area contributed by atoms with Crippen LogP contribution in [0.3, 0.4) is 0 Å². The first-order valence-electron chi connectivity index (χ1n) is 8.89. The first-order valence-corrected chi connectivity index (χ1v) is 8.89. The molecule has 3 rings (SSSR count). The molecule has 6 heteroatoms. The Bertz CT molecular complexity index is 466. The van der Waals surface area contributed by atoms with Gasteiger partial charge < -0.3 is 19.7 Å². The van der Waals surface area contributed by atoms with Crippen LogP contribution in [0.1, 0.15) is 45.4 Å². The van der Waals surface area contributed by atoms with E-state index in [1.54, 1.807) is 12.0 Å². The first-order chi connectivity index (χ1) is 11.1. The second-order valence-electron chi connectivity index (χ2n) is 7.45. The molecule has 1 spiro atoms. The van der Waals surface area contributed by atoms with Gasteiger partial charge in [0.05, 0.1) is 5.71 Å². The summed E-state index contributed by atoms with van der Waals surface area (Å²) in [6, 6.07) is 0.661. The Morgan fingerprint density at radius 3 is 2.52 bits per heavy atom. The molecular weight excluding hydrogens is 294 g/mol. The number of hydrogen-bond acceptors (Lipinski definition) is 4. The quantitative estimate of drug-likeness (QED) is 0.638. The lowest BCUT2D eigenvalue weighted by molar-refractivity contribution is -0.00480. The average Bonchev–Trinajstić information content (AvgIpc) is 2.97. The third-order valence-electron chi connectivity index (χ3n) is 6.13. The van der Waals surface area contributed by atoms with Crippen molar-refractivity contribution in [1.29, 1.82) is 0 Å². The van der Waals surface area contributed by atoms with Gasteiger partial charge >= 0.3 is 6.09 Å². The van der Waals surface area contributed by atoms with Crippen LogP contribution in [0.25, 0.3) is 0 Å². The Kier molecular flexibility index (Phi) is 4.80. The molecule has 2 saturated heterocycles. The van der Waals surface area contributed by atoms with Crippen molar-refractivity contribution in [3.8, 4) is 0 Å². The number of likely N-dealkylation sites (tertiary alicyclic amines) is 2. The summed E-state index contributed by atoms with van der Waals surface area (Å²) >= 11 is 0. The summed E-state index contributed by atoms with van der Waals surface area (Å²) < 4.78 is 0. The lowest BCUT2D eigenvalue weighted by Gasteiger charge is -2.51. The van der Waals surface area contributed by atoms with Gasteiger partial charge in [-0.15, -0.1) is 0 Å². The standard InChI is InChI=1S/C17H29N3O3/c1-3-15(18-23-2)13-4-7-19(8-5-13)14-10-17(11-14)6-9-20(12-17)16(21)22/h13-14H,3-12H2,1-2H3,(H,21,22)/b18-15+. The molecule has 1 amide bonds. The van der Waals surface area contributed by atoms with E-state index in [1.807, 2.05) is 0 Å². The van der Waals surface area contributed by atoms with E-state index < -0.39 is 6.09 Å². The summed E-state index contributed by atoms with van der Waals surface area (Å²) in [5, 5.41) is 13.3. The zero-order chi connectivity index (χ0) is 16.4. The Morgan fingerprint density at radius 2 is 2.00 bits per heavy atom. The molecule has 3 aliphatic rings. The second kappa shape index (κ2) is 6.67. The Balaban J connectivity index is 1.46. The summed E-state index contributed by atoms with van der Waals surface area (Å²) in [5.74, 6) is 0.569. The fraction of sp³-hybridized carbons (Fsp3) is 0.882. The number of rotatable bonds is 4. The van der Waals surface area contributed by atoms with Crippen LogP contribution in [0, 0.1) is 11.3 Å². The van der Waals surface area contributed by atoms with Gasteiger partial charge in [0.25, 0.3) is 0 Å². The number of piperidine rings is 1. The van der Waals surface area contributed by atoms with Gasteiger partial charge in [-0.05, 0) is 57.0 Å². The van der Waals surface area contributed by atoms with Crippen LogP contribution in [0.2, 0.25) is 0 Å². The number of oxime groups is 1. The van der Waals surface area contributed by atoms with Crippen molar-refractivity contribution in [2.24, 2.45) is 16.5 Å². The van der Waals surface area contributed by atoms with Gasteiger partial charge in [-0.25, -0.2) is 4.79 Å². The minimum atomic E-state index is -0.754. The van der Waals surface area contributed by atoms with Gasteiger partial charge in [0.15, 0.2) is 0 Å². The summed E-state index contributed by atoms with van der Waals surface area (Å²) in [6.07, 6.45) is 5.95. The van der Waals surface area contributed by atoms with Crippen molar-refractivity contribution >= 4 is 11.8 Å². The van der Waals surface area contributed by atoms with Crippen LogP contribution in [0.15, 0.2) is 5.16 Å². The number of hydrogen-bond donors (Lipinski definition) is 1. The number of carbonyl (C=O) groups is 1. The summed E-state index contributed by atoms with van der Waals surface area (Å²) in [6.45, 7) is 5.88. The Morgan fingerprint density at radius 1 is 1.30 bits per heavy atom. The van der Waals surface area contributed by atoms with E-state index in [-0.39, 0.29) is 5.41 Å². The molecule has 0 radical (unpaired) electrons. The van der Waals surface area contributed by atoms with Crippen LogP contribution in [0.4, 0.5) is 4.79 Å². The molecular formula is C17H29N3O3. The Hall–Kier alpha value is -1.30. The highest BCUT2D eigenvalue weighted by atomic mass is 16.6. The van der Waals surface area contributed by atoms with E-state index in [9.17, 15) is 4.79 Å². The van der Waals surface area contributed by atoms with E-state index in [2.05, 4.69) is 17.0 Å². The van der Waals surface area contributed by atoms with Crippen LogP contribution >= 0.6 is 0 Å². The van der Waals surface area contributed by atoms with E-state index in [1.165, 1.54) is 31.4 Å². The van der Waals surface area contributed by atoms with Crippen molar-refractivity contribution in [3.05, 3.63) is 0 Å². The second-order valence-corrected chi connectivity index (χ2v) is 7.45. The van der Waals surface area contributed by atoms with Gasteiger partial charge in [-0.3, -0.25) is 0 Å². The molecule has 6 nitrogen and oxygen atoms in total. The largest absolute Gasteiger partial charge is 0.465 e. The van der Waals surface area contributed by atoms with E-state index in [4.69, 9.17) is 9.94 Å². The van der Waals surface area contributed by atoms with E-state index >= 15 is 0 Å². The third-order valence-corrected chi connectivity index (χ3v) is 6.13. The van der Waals surface area contributed by atoms with Gasteiger partial charge in [0.1, 0.15) is 7.11 Å². The monoisotopic (exact) mass is 323 g/mol. The number of carboxylic acid groups (broad SMARTS) is 1. The van der Waals surface area contributed by atoms with Crippen molar-refractivity contribution < 1.29 is 14.7 Å². The van der Waals surface area contributed by atoms with Crippen LogP contribution in [-0.4, -0.2) is 66.0 Å². The molecule has 130 valence electrons. The van der Waals surface area contributed by atoms with Crippen molar-refractivity contribution in [2.45, 2.75) is 51.5 Å². The van der Waals surface area contributed by atoms with E-state index in [0.717, 1.165) is 39.0 Å². The summed E-state index contributed by atoms with van der Waals surface area (Å²) in [7, 11) is 1.63. The predicted molar refractivity (Wildman–Crippen MR) is 88.7 cm³/mol. The minimum absolute atomic E-state index is 0.284. The average molecular weight is 323 g/mol. The highest BCUT2D eigenvalue weighted by molar-refractivity contribution is 5.86. The smallest absolute Gasteiger partial charge is 0.407 e. The molecule has 1 N–H and O–H groups in total. The highest BCUT2D eigenvalue weighted by Gasteiger charge is 2.51. The number of nitrogens with zero attached hydrogens (tertiary/aromatic N) is 3. The summed E-state index contributed by atoms with van der Waals surface area (Å²) in [4.78, 5) is 20.3. The van der Waals surface area contributed by atoms with Crippen molar-refractivity contribution in [3.63, 3.8) is 0 Å². The molecule has 1 aliphatic carbocycles. The van der Waals surface area contributed by atoms with Crippen molar-refractivity contribution in [2.75, 3.05) is 33.3 Å². The zero-order valence-corrected chi connectivity index (χ0v) is 14.3. The molecule has 2 heterocycles. The molecule has 0 aromatic heterocycles. The van der Waals surface area contributed by atoms with Gasteiger partial charge in [-0.1, -0.05) is 12.1 Å². The Labute approximate surface area is 138 Å². The molecule has 0 aromatic carbocycles. The minimum Gasteiger partial charge on any atom is -0.465 e. The third kappa shape index (κ3) is 3.32. The maximum Gasteiger partial charge on any atom is 0.407 e. The van der Waals surface area contributed by atoms with Crippen LogP contribution in [0.5, 0.6) is 0 Å². The predicted octanol–water partition coefficient (Wildman–Crippen LogP) is 2.64. The molecule has 3 fully saturated rings. The number of amides is 1. The topological polar surface area (TPSA) is 65.4 Å². The van der Waals surface area contributed by atoms with Gasteiger partial charge in [0, 0.05) is 25.0 Å². The fourth-order valence-electron chi connectivity index (χ4n) is 4.77. The van der Waals surface area contributed by atoms with Crippen molar-refractivity contribution in [1.82, 2.24) is 9.80 Å². The molecule has 0 bridgehead atoms. The molecule has 0 aromatic rings. The normalized spacial score (nSPS) is 33.0. The van der Waals surface area contributed by atoms with Gasteiger partial charge in [-0.2, -0.15) is 0 Å². The lowest BCUT2D eigenvalue weighted by atomic mass is 9.64. The van der Waals surface area contributed by atoms with Crippen LogP contribution in [-0.2, 0) is 4.84 Å². The maximum atomic E-state index is 11.1. The SMILES string of the molecule is CC/C(=N\OC)C1CCN(C2CC3(CCN(C(=O)O)C3)C2)CC1. The molecule has 0 atom stereocenters. The first kappa shape index (κ1) is 16.6. The molecule has 1 saturated carbocycles. The highest BCUT2D eigenvalue weighted by Crippen LogP contribution is 2.50. The molecule has 0 unspecified atom stereocenters. The lowest BCUT2D eigenvalue weighted by Crippen LogP contribution is -2.54. The zero-order valence-electron chi connectivity index (χ0n) is 14.3. The molecule has 23 heavy (non-hydrogen) atoms. The van der Waals surface area contributed by atoms with Crippen LogP contribution < -0.4 is 0 Å². The molecule has 2 aliphatic heterocycles. The summed E-state index contributed by atoms with van der Waals surface area (Å²) in [5.41, 5.74) is 1.48. The van der Waals surface area contributed by atoms with E-state index in [0.29, 0.717) is 12.0 Å². The fourth-order valence-corrected chi connectivity index (χ4v) is 4.77. The van der Waals surface area contributed by atoms with Gasteiger partial charge in [0.2, 0.25) is 0 Å². The maximum absolute atomic E-state index is 11.1.